The van der Waals surface area contributed by atoms with Gasteiger partial charge in [0.25, 0.3) is 0 Å². The summed E-state index contributed by atoms with van der Waals surface area (Å²) in [5, 5.41) is 4.25. The molecule has 0 unspecified atom stereocenters. The van der Waals surface area contributed by atoms with Crippen molar-refractivity contribution in [3.05, 3.63) is 88.6 Å². The second kappa shape index (κ2) is 7.94. The van der Waals surface area contributed by atoms with Crippen molar-refractivity contribution in [1.82, 2.24) is 19.2 Å². The van der Waals surface area contributed by atoms with Crippen LogP contribution in [-0.4, -0.2) is 37.5 Å². The molecule has 3 heterocycles. The molecule has 0 fully saturated rings. The maximum absolute atomic E-state index is 12.8. The van der Waals surface area contributed by atoms with Crippen LogP contribution in [-0.2, 0) is 11.3 Å². The highest BCUT2D eigenvalue weighted by Crippen LogP contribution is 2.19. The maximum atomic E-state index is 12.8. The third-order valence-corrected chi connectivity index (χ3v) is 5.17. The van der Waals surface area contributed by atoms with Crippen LogP contribution in [0.2, 0.25) is 0 Å². The molecule has 0 atom stereocenters. The fourth-order valence-corrected chi connectivity index (χ4v) is 3.61. The molecular formula is C23H22N4O3. The van der Waals surface area contributed by atoms with E-state index in [4.69, 9.17) is 4.74 Å². The number of rotatable bonds is 6. The van der Waals surface area contributed by atoms with Crippen LogP contribution in [0.3, 0.4) is 0 Å². The van der Waals surface area contributed by atoms with E-state index >= 15 is 0 Å². The second-order valence-corrected chi connectivity index (χ2v) is 7.20. The van der Waals surface area contributed by atoms with Crippen LogP contribution in [0.4, 0.5) is 0 Å². The highest BCUT2D eigenvalue weighted by atomic mass is 16.5. The zero-order valence-corrected chi connectivity index (χ0v) is 17.1. The third-order valence-electron chi connectivity index (χ3n) is 5.17. The number of Topliss-reactive ketones (excluding diaryl/α,β-unsaturated/α-hetero) is 1. The molecule has 152 valence electrons. The first-order valence-corrected chi connectivity index (χ1v) is 9.66. The first-order chi connectivity index (χ1) is 14.5. The maximum Gasteiger partial charge on any atom is 0.344 e. The molecule has 0 bridgehead atoms. The van der Waals surface area contributed by atoms with Crippen molar-refractivity contribution in [1.29, 1.82) is 0 Å². The summed E-state index contributed by atoms with van der Waals surface area (Å²) in [7, 11) is 0. The van der Waals surface area contributed by atoms with Gasteiger partial charge in [-0.1, -0.05) is 30.3 Å². The molecule has 4 aromatic rings. The zero-order valence-electron chi connectivity index (χ0n) is 17.1. The minimum atomic E-state index is -0.604. The van der Waals surface area contributed by atoms with Gasteiger partial charge in [0.1, 0.15) is 5.56 Å². The van der Waals surface area contributed by atoms with E-state index in [2.05, 4.69) is 26.8 Å². The van der Waals surface area contributed by atoms with Crippen LogP contribution in [0, 0.1) is 20.8 Å². The van der Waals surface area contributed by atoms with Gasteiger partial charge in [-0.25, -0.2) is 14.3 Å². The van der Waals surface area contributed by atoms with E-state index in [1.807, 2.05) is 38.1 Å². The van der Waals surface area contributed by atoms with Gasteiger partial charge in [-0.2, -0.15) is 5.10 Å². The summed E-state index contributed by atoms with van der Waals surface area (Å²) in [5.74, 6) is -0.842. The van der Waals surface area contributed by atoms with Crippen LogP contribution in [0.15, 0.2) is 54.9 Å². The van der Waals surface area contributed by atoms with E-state index in [1.54, 1.807) is 25.4 Å². The molecule has 0 aliphatic heterocycles. The summed E-state index contributed by atoms with van der Waals surface area (Å²) in [4.78, 5) is 29.6. The number of ketones is 1. The van der Waals surface area contributed by atoms with Gasteiger partial charge in [0.2, 0.25) is 5.78 Å². The minimum absolute atomic E-state index is 0.238. The highest BCUT2D eigenvalue weighted by Gasteiger charge is 2.22. The van der Waals surface area contributed by atoms with Gasteiger partial charge >= 0.3 is 5.97 Å². The third kappa shape index (κ3) is 3.61. The fraction of sp³-hybridized carbons (Fsp3) is 0.217. The second-order valence-electron chi connectivity index (χ2n) is 7.20. The number of carbonyl (C=O) groups is 2. The van der Waals surface area contributed by atoms with Crippen molar-refractivity contribution in [3.8, 4) is 0 Å². The Hall–Kier alpha value is -3.74. The Labute approximate surface area is 173 Å². The van der Waals surface area contributed by atoms with E-state index in [0.29, 0.717) is 23.4 Å². The number of ether oxygens (including phenoxy) is 1. The number of hydrogen-bond acceptors (Lipinski definition) is 5. The number of fused-ring (bicyclic) bond motifs is 1. The molecule has 0 spiro atoms. The van der Waals surface area contributed by atoms with Crippen LogP contribution in [0.25, 0.3) is 5.65 Å². The van der Waals surface area contributed by atoms with Gasteiger partial charge in [-0.05, 0) is 38.5 Å². The van der Waals surface area contributed by atoms with E-state index in [1.165, 1.54) is 4.52 Å². The van der Waals surface area contributed by atoms with Gasteiger partial charge in [-0.15, -0.1) is 0 Å². The molecule has 3 aromatic heterocycles. The molecule has 0 amide bonds. The standard InChI is InChI=1S/C23H22N4O3/c1-15-12-19(17(3)26(15)13-18-8-5-4-6-9-18)20(28)14-30-23(29)21-16(2)25-27-11-7-10-24-22(21)27/h4-12H,13-14H2,1-3H3. The van der Waals surface area contributed by atoms with E-state index < -0.39 is 5.97 Å². The molecule has 0 radical (unpaired) electrons. The lowest BCUT2D eigenvalue weighted by Gasteiger charge is -2.10. The first kappa shape index (κ1) is 19.6. The van der Waals surface area contributed by atoms with E-state index in [9.17, 15) is 9.59 Å². The predicted molar refractivity (Wildman–Crippen MR) is 112 cm³/mol. The summed E-state index contributed by atoms with van der Waals surface area (Å²) >= 11 is 0. The molecule has 0 aliphatic carbocycles. The summed E-state index contributed by atoms with van der Waals surface area (Å²) in [6.45, 7) is 5.93. The van der Waals surface area contributed by atoms with Crippen molar-refractivity contribution in [2.75, 3.05) is 6.61 Å². The lowest BCUT2D eigenvalue weighted by atomic mass is 10.1. The molecule has 7 nitrogen and oxygen atoms in total. The van der Waals surface area contributed by atoms with Crippen molar-refractivity contribution in [3.63, 3.8) is 0 Å². The lowest BCUT2D eigenvalue weighted by molar-refractivity contribution is 0.0475. The highest BCUT2D eigenvalue weighted by molar-refractivity contribution is 6.02. The summed E-state index contributed by atoms with van der Waals surface area (Å²) in [6, 6.07) is 13.6. The molecule has 0 saturated carbocycles. The minimum Gasteiger partial charge on any atom is -0.454 e. The molecular weight excluding hydrogens is 380 g/mol. The van der Waals surface area contributed by atoms with Gasteiger partial charge in [0, 0.05) is 35.9 Å². The normalized spacial score (nSPS) is 11.0. The molecule has 1 aromatic carbocycles. The smallest absolute Gasteiger partial charge is 0.344 e. The number of esters is 1. The quantitative estimate of drug-likeness (QED) is 0.364. The Morgan fingerprint density at radius 3 is 2.60 bits per heavy atom. The van der Waals surface area contributed by atoms with Crippen molar-refractivity contribution >= 4 is 17.4 Å². The SMILES string of the molecule is Cc1nn2cccnc2c1C(=O)OCC(=O)c1cc(C)n(Cc2ccccc2)c1C. The Kier molecular flexibility index (Phi) is 5.18. The molecule has 4 rings (SSSR count). The van der Waals surface area contributed by atoms with Gasteiger partial charge < -0.3 is 9.30 Å². The van der Waals surface area contributed by atoms with Crippen molar-refractivity contribution in [2.24, 2.45) is 0 Å². The summed E-state index contributed by atoms with van der Waals surface area (Å²) in [5.41, 5.74) is 4.74. The number of nitrogens with zero attached hydrogens (tertiary/aromatic N) is 4. The molecule has 0 saturated heterocycles. The van der Waals surface area contributed by atoms with Gasteiger partial charge in [0.15, 0.2) is 12.3 Å². The Bertz CT molecular complexity index is 1240. The summed E-state index contributed by atoms with van der Waals surface area (Å²) < 4.78 is 8.93. The molecule has 30 heavy (non-hydrogen) atoms. The lowest BCUT2D eigenvalue weighted by Crippen LogP contribution is -2.16. The molecule has 0 aliphatic rings. The number of aromatic nitrogens is 4. The summed E-state index contributed by atoms with van der Waals surface area (Å²) in [6.07, 6.45) is 3.29. The van der Waals surface area contributed by atoms with Crippen molar-refractivity contribution in [2.45, 2.75) is 27.3 Å². The Morgan fingerprint density at radius 2 is 1.83 bits per heavy atom. The number of carbonyl (C=O) groups excluding carboxylic acids is 2. The van der Waals surface area contributed by atoms with Crippen LogP contribution in [0.1, 0.15) is 43.4 Å². The Morgan fingerprint density at radius 1 is 1.07 bits per heavy atom. The fourth-order valence-electron chi connectivity index (χ4n) is 3.61. The predicted octanol–water partition coefficient (Wildman–Crippen LogP) is 3.54. The van der Waals surface area contributed by atoms with Crippen LogP contribution < -0.4 is 0 Å². The van der Waals surface area contributed by atoms with Crippen LogP contribution in [0.5, 0.6) is 0 Å². The average molecular weight is 402 g/mol. The molecule has 0 N–H and O–H groups in total. The van der Waals surface area contributed by atoms with E-state index in [0.717, 1.165) is 17.0 Å². The van der Waals surface area contributed by atoms with Gasteiger partial charge in [-0.3, -0.25) is 4.79 Å². The van der Waals surface area contributed by atoms with Gasteiger partial charge in [0.05, 0.1) is 5.69 Å². The monoisotopic (exact) mass is 402 g/mol. The average Bonchev–Trinajstić information content (AvgIpc) is 3.23. The van der Waals surface area contributed by atoms with Crippen molar-refractivity contribution < 1.29 is 14.3 Å². The molecule has 7 heteroatoms. The number of aryl methyl sites for hydroxylation is 2. The topological polar surface area (TPSA) is 78.5 Å². The number of benzene rings is 1. The Balaban J connectivity index is 1.50. The zero-order chi connectivity index (χ0) is 21.3. The van der Waals surface area contributed by atoms with Crippen LogP contribution >= 0.6 is 0 Å². The number of hydrogen-bond donors (Lipinski definition) is 0. The largest absolute Gasteiger partial charge is 0.454 e. The first-order valence-electron chi connectivity index (χ1n) is 9.66. The van der Waals surface area contributed by atoms with E-state index in [-0.39, 0.29) is 18.0 Å².